The Morgan fingerprint density at radius 1 is 0.519 bits per heavy atom. The maximum atomic E-state index is 3.51. The van der Waals surface area contributed by atoms with Gasteiger partial charge >= 0.3 is 0 Å². The number of aryl methyl sites for hydroxylation is 2. The van der Waals surface area contributed by atoms with Crippen LogP contribution >= 0.6 is 0 Å². The lowest BCUT2D eigenvalue weighted by atomic mass is 9.85. The number of hydrogen-bond donors (Lipinski definition) is 1. The van der Waals surface area contributed by atoms with Crippen molar-refractivity contribution in [3.05, 3.63) is 186 Å². The van der Waals surface area contributed by atoms with Crippen LogP contribution in [0.25, 0.3) is 49.8 Å². The second-order valence-corrected chi connectivity index (χ2v) is 13.5. The average Bonchev–Trinajstić information content (AvgIpc) is 3.50. The first-order chi connectivity index (χ1) is 25.4. The molecule has 0 fully saturated rings. The summed E-state index contributed by atoms with van der Waals surface area (Å²) < 4.78 is 2.39. The molecule has 264 valence electrons. The summed E-state index contributed by atoms with van der Waals surface area (Å²) in [4.78, 5) is 0. The molecule has 0 bridgehead atoms. The van der Waals surface area contributed by atoms with Crippen molar-refractivity contribution in [2.45, 2.75) is 61.3 Å². The Morgan fingerprint density at radius 2 is 1.06 bits per heavy atom. The van der Waals surface area contributed by atoms with Gasteiger partial charge in [0.05, 0.1) is 11.0 Å². The molecule has 1 aliphatic heterocycles. The van der Waals surface area contributed by atoms with Crippen molar-refractivity contribution in [3.8, 4) is 16.8 Å². The van der Waals surface area contributed by atoms with E-state index in [1.807, 2.05) is 18.2 Å². The number of aromatic nitrogens is 1. The van der Waals surface area contributed by atoms with E-state index in [1.54, 1.807) is 0 Å². The monoisotopic (exact) mass is 682 g/mol. The van der Waals surface area contributed by atoms with Crippen LogP contribution in [0, 0.1) is 13.8 Å². The SMILES string of the molecule is CC1=C(c2ccccc2C)C(c2ccc3c(c2)c2ccccc2n3-c2ccc(-c3ccccc3)cc2)=CNC1.CCC.CCC.Cc1ccccc1. The second kappa shape index (κ2) is 18.6. The van der Waals surface area contributed by atoms with Gasteiger partial charge in [0.25, 0.3) is 0 Å². The lowest BCUT2D eigenvalue weighted by Gasteiger charge is -2.23. The van der Waals surface area contributed by atoms with Gasteiger partial charge in [-0.15, -0.1) is 0 Å². The normalized spacial score (nSPS) is 12.0. The van der Waals surface area contributed by atoms with Gasteiger partial charge < -0.3 is 9.88 Å². The first kappa shape index (κ1) is 37.7. The molecule has 0 radical (unpaired) electrons. The summed E-state index contributed by atoms with van der Waals surface area (Å²) in [5.74, 6) is 0. The summed E-state index contributed by atoms with van der Waals surface area (Å²) >= 11 is 0. The van der Waals surface area contributed by atoms with E-state index < -0.39 is 0 Å². The van der Waals surface area contributed by atoms with Crippen LogP contribution in [-0.4, -0.2) is 11.1 Å². The highest BCUT2D eigenvalue weighted by molar-refractivity contribution is 6.13. The molecule has 0 saturated heterocycles. The van der Waals surface area contributed by atoms with Crippen molar-refractivity contribution in [2.75, 3.05) is 6.54 Å². The molecule has 1 aromatic heterocycles. The minimum atomic E-state index is 0.869. The van der Waals surface area contributed by atoms with Crippen LogP contribution in [0.3, 0.4) is 0 Å². The fourth-order valence-corrected chi connectivity index (χ4v) is 6.54. The number of nitrogens with one attached hydrogen (secondary N) is 1. The quantitative estimate of drug-likeness (QED) is 0.195. The number of para-hydroxylation sites is 1. The summed E-state index contributed by atoms with van der Waals surface area (Å²) in [6, 6.07) is 54.1. The van der Waals surface area contributed by atoms with E-state index >= 15 is 0 Å². The third-order valence-corrected chi connectivity index (χ3v) is 8.88. The van der Waals surface area contributed by atoms with Crippen LogP contribution < -0.4 is 5.32 Å². The molecule has 0 atom stereocenters. The fourth-order valence-electron chi connectivity index (χ4n) is 6.54. The first-order valence-electron chi connectivity index (χ1n) is 18.8. The number of allylic oxidation sites excluding steroid dienone is 2. The van der Waals surface area contributed by atoms with Gasteiger partial charge in [-0.25, -0.2) is 0 Å². The predicted molar refractivity (Wildman–Crippen MR) is 229 cm³/mol. The van der Waals surface area contributed by atoms with Crippen molar-refractivity contribution in [3.63, 3.8) is 0 Å². The van der Waals surface area contributed by atoms with Gasteiger partial charge in [0.15, 0.2) is 0 Å². The lowest BCUT2D eigenvalue weighted by Crippen LogP contribution is -2.16. The molecular weight excluding hydrogens is 629 g/mol. The van der Waals surface area contributed by atoms with E-state index in [0.29, 0.717) is 0 Å². The number of dihydropyridines is 1. The zero-order valence-electron chi connectivity index (χ0n) is 32.1. The number of rotatable bonds is 4. The van der Waals surface area contributed by atoms with Crippen molar-refractivity contribution < 1.29 is 0 Å². The predicted octanol–water partition coefficient (Wildman–Crippen LogP) is 14.0. The number of benzene rings is 6. The minimum absolute atomic E-state index is 0.869. The molecule has 0 unspecified atom stereocenters. The summed E-state index contributed by atoms with van der Waals surface area (Å²) in [5, 5.41) is 6.05. The molecule has 0 aliphatic carbocycles. The number of nitrogens with zero attached hydrogens (tertiary/aromatic N) is 1. The van der Waals surface area contributed by atoms with Gasteiger partial charge in [-0.3, -0.25) is 0 Å². The van der Waals surface area contributed by atoms with Gasteiger partial charge in [-0.2, -0.15) is 0 Å². The highest BCUT2D eigenvalue weighted by atomic mass is 15.0. The summed E-state index contributed by atoms with van der Waals surface area (Å²) in [5.41, 5.74) is 15.2. The molecule has 7 aromatic rings. The van der Waals surface area contributed by atoms with Crippen LogP contribution in [0.5, 0.6) is 0 Å². The Kier molecular flexibility index (Phi) is 13.5. The van der Waals surface area contributed by atoms with Gasteiger partial charge in [-0.05, 0) is 90.1 Å². The largest absolute Gasteiger partial charge is 0.387 e. The molecule has 1 aliphatic rings. The molecule has 2 heterocycles. The fraction of sp³-hybridized carbons (Fsp3) is 0.200. The maximum absolute atomic E-state index is 3.51. The van der Waals surface area contributed by atoms with E-state index in [-0.39, 0.29) is 0 Å². The zero-order chi connectivity index (χ0) is 36.9. The van der Waals surface area contributed by atoms with E-state index in [9.17, 15) is 0 Å². The van der Waals surface area contributed by atoms with Gasteiger partial charge in [0.2, 0.25) is 0 Å². The smallest absolute Gasteiger partial charge is 0.0541 e. The Bertz CT molecular complexity index is 2230. The highest BCUT2D eigenvalue weighted by Crippen LogP contribution is 2.40. The van der Waals surface area contributed by atoms with E-state index in [4.69, 9.17) is 0 Å². The second-order valence-electron chi connectivity index (χ2n) is 13.5. The Morgan fingerprint density at radius 3 is 1.69 bits per heavy atom. The van der Waals surface area contributed by atoms with Crippen molar-refractivity contribution in [2.24, 2.45) is 0 Å². The van der Waals surface area contributed by atoms with Crippen LogP contribution in [-0.2, 0) is 0 Å². The molecule has 0 amide bonds. The molecule has 2 heteroatoms. The average molecular weight is 683 g/mol. The Labute approximate surface area is 312 Å². The molecular formula is C50H54N2. The topological polar surface area (TPSA) is 17.0 Å². The summed E-state index contributed by atoms with van der Waals surface area (Å²) in [6.07, 6.45) is 4.69. The Hall–Kier alpha value is -5.60. The van der Waals surface area contributed by atoms with E-state index in [0.717, 1.165) is 6.54 Å². The van der Waals surface area contributed by atoms with Gasteiger partial charge in [-0.1, -0.05) is 167 Å². The van der Waals surface area contributed by atoms with Gasteiger partial charge in [0, 0.05) is 34.8 Å². The third kappa shape index (κ3) is 8.82. The van der Waals surface area contributed by atoms with Crippen LogP contribution in [0.2, 0.25) is 0 Å². The third-order valence-electron chi connectivity index (χ3n) is 8.88. The molecule has 0 saturated carbocycles. The lowest BCUT2D eigenvalue weighted by molar-refractivity contribution is 0.929. The number of hydrogen-bond acceptors (Lipinski definition) is 1. The van der Waals surface area contributed by atoms with Crippen LogP contribution in [0.15, 0.2) is 163 Å². The van der Waals surface area contributed by atoms with Crippen LogP contribution in [0.4, 0.5) is 0 Å². The molecule has 0 spiro atoms. The summed E-state index contributed by atoms with van der Waals surface area (Å²) in [7, 11) is 0. The molecule has 8 rings (SSSR count). The van der Waals surface area contributed by atoms with E-state index in [1.165, 1.54) is 90.4 Å². The molecule has 1 N–H and O–H groups in total. The van der Waals surface area contributed by atoms with Crippen molar-refractivity contribution in [1.82, 2.24) is 9.88 Å². The minimum Gasteiger partial charge on any atom is -0.387 e. The maximum Gasteiger partial charge on any atom is 0.0541 e. The van der Waals surface area contributed by atoms with Crippen molar-refractivity contribution in [1.29, 1.82) is 0 Å². The standard InChI is InChI=1S/C37H30N2.C7H8.2C3H8/c1-25-10-6-7-13-31(25)37-26(2)23-38-24-34(37)29-18-21-36-33(22-29)32-14-8-9-15-35(32)39(36)30-19-16-28(17-20-30)27-11-4-3-5-12-27;1-7-5-3-2-4-6-7;2*1-3-2/h3-22,24,38H,23H2,1-2H3;2-6H,1H3;2*3H2,1-2H3. The van der Waals surface area contributed by atoms with Gasteiger partial charge in [0.1, 0.15) is 0 Å². The molecule has 2 nitrogen and oxygen atoms in total. The molecule has 52 heavy (non-hydrogen) atoms. The summed E-state index contributed by atoms with van der Waals surface area (Å²) in [6.45, 7) is 15.9. The van der Waals surface area contributed by atoms with Crippen LogP contribution in [0.1, 0.15) is 69.7 Å². The zero-order valence-corrected chi connectivity index (χ0v) is 32.1. The first-order valence-corrected chi connectivity index (χ1v) is 18.8. The molecule has 6 aromatic carbocycles. The highest BCUT2D eigenvalue weighted by Gasteiger charge is 2.20. The van der Waals surface area contributed by atoms with E-state index in [2.05, 4.69) is 198 Å². The van der Waals surface area contributed by atoms with Crippen molar-refractivity contribution >= 4 is 33.0 Å². The Balaban J connectivity index is 0.000000345. The number of fused-ring (bicyclic) bond motifs is 3.